The molecule has 8 nitrogen and oxygen atoms in total. The smallest absolute Gasteiger partial charge is 0.420 e. The van der Waals surface area contributed by atoms with Gasteiger partial charge in [-0.05, 0) is 24.3 Å². The van der Waals surface area contributed by atoms with E-state index in [1.807, 2.05) is 0 Å². The monoisotopic (exact) mass is 467 g/mol. The van der Waals surface area contributed by atoms with Crippen LogP contribution >= 0.6 is 0 Å². The largest absolute Gasteiger partial charge is 0.487 e. The molecule has 33 heavy (non-hydrogen) atoms. The Morgan fingerprint density at radius 2 is 1.52 bits per heavy atom. The number of nitrogens with one attached hydrogen (secondary N) is 1. The summed E-state index contributed by atoms with van der Waals surface area (Å²) in [5.74, 6) is 0.304. The van der Waals surface area contributed by atoms with Crippen LogP contribution in [-0.4, -0.2) is 57.7 Å². The van der Waals surface area contributed by atoms with Crippen LogP contribution in [0.15, 0.2) is 36.7 Å². The van der Waals surface area contributed by atoms with Gasteiger partial charge < -0.3 is 29.0 Å². The second-order valence-corrected chi connectivity index (χ2v) is 6.74. The van der Waals surface area contributed by atoms with Crippen molar-refractivity contribution in [3.8, 4) is 23.1 Å². The topological polar surface area (TPSA) is 84.0 Å². The van der Waals surface area contributed by atoms with Crippen LogP contribution in [0.3, 0.4) is 0 Å². The van der Waals surface area contributed by atoms with E-state index in [0.29, 0.717) is 41.3 Å². The number of methoxy groups -OCH3 is 2. The van der Waals surface area contributed by atoms with Crippen molar-refractivity contribution in [3.63, 3.8) is 0 Å². The number of fused-ring (bicyclic) bond motifs is 1. The highest BCUT2D eigenvalue weighted by Gasteiger charge is 2.35. The van der Waals surface area contributed by atoms with Crippen molar-refractivity contribution in [2.45, 2.75) is 6.18 Å². The number of anilines is 1. The Hall–Kier alpha value is -3.31. The molecular formula is C22H24F3N3O5. The van der Waals surface area contributed by atoms with Crippen LogP contribution in [0.1, 0.15) is 5.56 Å². The van der Waals surface area contributed by atoms with Crippen molar-refractivity contribution in [2.75, 3.05) is 53.0 Å². The van der Waals surface area contributed by atoms with E-state index in [1.54, 1.807) is 19.2 Å². The SMILES string of the molecule is CNc1ccc(Oc2ncnc3cc(OCCOC)c(OCCOC)cc23)c(C(F)(F)F)c1. The lowest BCUT2D eigenvalue weighted by Crippen LogP contribution is -2.09. The Morgan fingerprint density at radius 3 is 2.12 bits per heavy atom. The maximum Gasteiger partial charge on any atom is 0.420 e. The van der Waals surface area contributed by atoms with E-state index < -0.39 is 11.7 Å². The molecule has 0 fully saturated rings. The number of nitrogens with zero attached hydrogens (tertiary/aromatic N) is 2. The number of benzene rings is 2. The van der Waals surface area contributed by atoms with Crippen LogP contribution in [-0.2, 0) is 15.7 Å². The fraction of sp³-hybridized carbons (Fsp3) is 0.364. The third-order valence-corrected chi connectivity index (χ3v) is 4.53. The molecule has 0 atom stereocenters. The van der Waals surface area contributed by atoms with Crippen LogP contribution in [0.25, 0.3) is 10.9 Å². The van der Waals surface area contributed by atoms with Crippen LogP contribution in [0, 0.1) is 0 Å². The number of hydrogen-bond acceptors (Lipinski definition) is 8. The van der Waals surface area contributed by atoms with Gasteiger partial charge >= 0.3 is 6.18 Å². The number of aromatic nitrogens is 2. The minimum Gasteiger partial charge on any atom is -0.487 e. The van der Waals surface area contributed by atoms with Gasteiger partial charge in [-0.3, -0.25) is 0 Å². The van der Waals surface area contributed by atoms with Gasteiger partial charge in [0.15, 0.2) is 11.5 Å². The molecule has 11 heteroatoms. The van der Waals surface area contributed by atoms with Crippen molar-refractivity contribution in [1.29, 1.82) is 0 Å². The molecule has 2 aromatic carbocycles. The third kappa shape index (κ3) is 6.14. The average molecular weight is 467 g/mol. The molecule has 0 aliphatic carbocycles. The molecule has 0 aliphatic rings. The molecule has 0 bridgehead atoms. The fourth-order valence-corrected chi connectivity index (χ4v) is 2.92. The summed E-state index contributed by atoms with van der Waals surface area (Å²) in [6, 6.07) is 6.86. The normalized spacial score (nSPS) is 11.5. The second-order valence-electron chi connectivity index (χ2n) is 6.74. The number of rotatable bonds is 11. The van der Waals surface area contributed by atoms with E-state index in [-0.39, 0.29) is 24.8 Å². The van der Waals surface area contributed by atoms with Gasteiger partial charge in [0.05, 0.1) is 24.1 Å². The predicted octanol–water partition coefficient (Wildman–Crippen LogP) is 4.53. The molecule has 3 aromatic rings. The first-order valence-corrected chi connectivity index (χ1v) is 9.96. The van der Waals surface area contributed by atoms with Gasteiger partial charge in [-0.1, -0.05) is 0 Å². The molecule has 0 saturated heterocycles. The Balaban J connectivity index is 2.03. The van der Waals surface area contributed by atoms with E-state index in [2.05, 4.69) is 15.3 Å². The third-order valence-electron chi connectivity index (χ3n) is 4.53. The van der Waals surface area contributed by atoms with Crippen molar-refractivity contribution in [3.05, 3.63) is 42.2 Å². The summed E-state index contributed by atoms with van der Waals surface area (Å²) in [4.78, 5) is 8.25. The second kappa shape index (κ2) is 11.0. The molecule has 0 aliphatic heterocycles. The van der Waals surface area contributed by atoms with E-state index in [0.717, 1.165) is 6.07 Å². The predicted molar refractivity (Wildman–Crippen MR) is 115 cm³/mol. The van der Waals surface area contributed by atoms with Crippen molar-refractivity contribution < 1.29 is 36.9 Å². The zero-order valence-corrected chi connectivity index (χ0v) is 18.4. The standard InChI is InChI=1S/C22H24F3N3O5/c1-26-14-4-5-18(16(10-14)22(23,24)25)33-21-15-11-19(31-8-6-29-2)20(32-9-7-30-3)12-17(15)27-13-28-21/h4-5,10-13,26H,6-9H2,1-3H3. The van der Waals surface area contributed by atoms with Crippen molar-refractivity contribution in [2.24, 2.45) is 0 Å². The Kier molecular flexibility index (Phi) is 8.12. The van der Waals surface area contributed by atoms with Crippen molar-refractivity contribution in [1.82, 2.24) is 9.97 Å². The number of ether oxygens (including phenoxy) is 5. The molecule has 0 unspecified atom stereocenters. The van der Waals surface area contributed by atoms with Gasteiger partial charge in [-0.15, -0.1) is 0 Å². The van der Waals surface area contributed by atoms with Gasteiger partial charge in [0.2, 0.25) is 5.88 Å². The first kappa shape index (κ1) is 24.3. The lowest BCUT2D eigenvalue weighted by Gasteiger charge is -2.17. The summed E-state index contributed by atoms with van der Waals surface area (Å²) in [5, 5.41) is 3.04. The van der Waals surface area contributed by atoms with E-state index in [9.17, 15) is 13.2 Å². The van der Waals surface area contributed by atoms with E-state index in [4.69, 9.17) is 23.7 Å². The molecule has 1 N–H and O–H groups in total. The summed E-state index contributed by atoms with van der Waals surface area (Å²) < 4.78 is 68.0. The fourth-order valence-electron chi connectivity index (χ4n) is 2.92. The maximum atomic E-state index is 13.6. The molecule has 0 amide bonds. The summed E-state index contributed by atoms with van der Waals surface area (Å²) in [5.41, 5.74) is -0.224. The number of halogens is 3. The number of alkyl halides is 3. The zero-order chi connectivity index (χ0) is 23.8. The van der Waals surface area contributed by atoms with Gasteiger partial charge in [0.25, 0.3) is 0 Å². The Bertz CT molecular complexity index is 1080. The molecule has 178 valence electrons. The number of hydrogen-bond donors (Lipinski definition) is 1. The van der Waals surface area contributed by atoms with Gasteiger partial charge in [-0.2, -0.15) is 13.2 Å². The van der Waals surface area contributed by atoms with Crippen molar-refractivity contribution >= 4 is 16.6 Å². The maximum absolute atomic E-state index is 13.6. The molecule has 1 aromatic heterocycles. The minimum absolute atomic E-state index is 0.0530. The summed E-state index contributed by atoms with van der Waals surface area (Å²) in [6.07, 6.45) is -3.42. The van der Waals surface area contributed by atoms with Gasteiger partial charge in [0, 0.05) is 33.0 Å². The van der Waals surface area contributed by atoms with Gasteiger partial charge in [0.1, 0.15) is 30.9 Å². The molecular weight excluding hydrogens is 443 g/mol. The molecule has 3 rings (SSSR count). The van der Waals surface area contributed by atoms with Crippen LogP contribution in [0.5, 0.6) is 23.1 Å². The quantitative estimate of drug-likeness (QED) is 0.412. The first-order chi connectivity index (χ1) is 15.9. The lowest BCUT2D eigenvalue weighted by atomic mass is 10.1. The van der Waals surface area contributed by atoms with Crippen LogP contribution in [0.2, 0.25) is 0 Å². The van der Waals surface area contributed by atoms with Crippen LogP contribution in [0.4, 0.5) is 18.9 Å². The Labute approximate surface area is 188 Å². The first-order valence-electron chi connectivity index (χ1n) is 9.96. The Morgan fingerprint density at radius 1 is 0.848 bits per heavy atom. The van der Waals surface area contributed by atoms with E-state index in [1.165, 1.54) is 32.6 Å². The molecule has 0 spiro atoms. The molecule has 0 saturated carbocycles. The zero-order valence-electron chi connectivity index (χ0n) is 18.4. The van der Waals surface area contributed by atoms with Crippen LogP contribution < -0.4 is 19.5 Å². The molecule has 0 radical (unpaired) electrons. The highest BCUT2D eigenvalue weighted by atomic mass is 19.4. The summed E-state index contributed by atoms with van der Waals surface area (Å²) in [7, 11) is 4.62. The van der Waals surface area contributed by atoms with Gasteiger partial charge in [-0.25, -0.2) is 9.97 Å². The van der Waals surface area contributed by atoms with E-state index >= 15 is 0 Å². The summed E-state index contributed by atoms with van der Waals surface area (Å²) in [6.45, 7) is 1.19. The minimum atomic E-state index is -4.62. The highest BCUT2D eigenvalue weighted by molar-refractivity contribution is 5.87. The summed E-state index contributed by atoms with van der Waals surface area (Å²) >= 11 is 0. The highest BCUT2D eigenvalue weighted by Crippen LogP contribution is 2.41. The molecule has 1 heterocycles. The average Bonchev–Trinajstić information content (AvgIpc) is 2.79. The lowest BCUT2D eigenvalue weighted by molar-refractivity contribution is -0.138.